The number of nitrogens with one attached hydrogen (secondary N) is 2. The van der Waals surface area contributed by atoms with Crippen molar-refractivity contribution in [2.75, 3.05) is 25.4 Å². The zero-order valence-electron chi connectivity index (χ0n) is 20.4. The number of piperazine rings is 1. The fraction of sp³-hybridized carbons (Fsp3) is 0.348. The Balaban J connectivity index is 1.54. The highest BCUT2D eigenvalue weighted by molar-refractivity contribution is 6.47. The summed E-state index contributed by atoms with van der Waals surface area (Å²) in [5.74, 6) is -3.62. The Morgan fingerprint density at radius 1 is 1.26 bits per heavy atom. The molecule has 0 bridgehead atoms. The number of para-hydroxylation sites is 1. The number of hydrogen-bond donors (Lipinski definition) is 6. The largest absolute Gasteiger partial charge is 0.547 e. The number of carboxylic acids is 1. The number of pyridine rings is 1. The van der Waals surface area contributed by atoms with E-state index in [9.17, 15) is 34.4 Å². The second-order valence-corrected chi connectivity index (χ2v) is 8.81. The molecule has 14 nitrogen and oxygen atoms in total. The molecule has 2 aliphatic heterocycles. The zero-order chi connectivity index (χ0) is 27.6. The molecule has 1 aromatic carbocycles. The standard InChI is InChI=1S/C23H27BN6O8/c1-2-29-8-9-30(21(33)20(29)32)23(36)28-17(15-7-6-13(25)11-26-15)19(31)27-16-10-12-4-3-5-14(22(34)35)18(12)38-24(16)37/h3-7,11,16-17,21,33,37H,2,8-10,25H2,1H3,(H,27,31)(H,28,36)(H,34,35)/t16-,17?,21?/m0/s1. The molecule has 1 aromatic heterocycles. The van der Waals surface area contributed by atoms with Crippen LogP contribution in [0.1, 0.15) is 34.6 Å². The van der Waals surface area contributed by atoms with Crippen LogP contribution in [-0.2, 0) is 16.0 Å². The summed E-state index contributed by atoms with van der Waals surface area (Å²) >= 11 is 0. The van der Waals surface area contributed by atoms with E-state index in [4.69, 9.17) is 10.4 Å². The normalized spacial score (nSPS) is 19.8. The van der Waals surface area contributed by atoms with E-state index >= 15 is 0 Å². The first-order valence-electron chi connectivity index (χ1n) is 11.9. The highest BCUT2D eigenvalue weighted by atomic mass is 16.5. The lowest BCUT2D eigenvalue weighted by Gasteiger charge is -2.38. The smallest absolute Gasteiger partial charge is 0.534 e. The number of rotatable bonds is 6. The number of anilines is 1. The Hall–Kier alpha value is -4.37. The molecular weight excluding hydrogens is 499 g/mol. The van der Waals surface area contributed by atoms with E-state index in [1.165, 1.54) is 35.4 Å². The Bertz CT molecular complexity index is 1240. The molecule has 0 aliphatic carbocycles. The Kier molecular flexibility index (Phi) is 7.69. The van der Waals surface area contributed by atoms with E-state index < -0.39 is 49.1 Å². The summed E-state index contributed by atoms with van der Waals surface area (Å²) in [6, 6.07) is 5.11. The minimum atomic E-state index is -1.72. The molecule has 1 saturated heterocycles. The van der Waals surface area contributed by atoms with Gasteiger partial charge in [0.2, 0.25) is 12.1 Å². The van der Waals surface area contributed by atoms with Crippen molar-refractivity contribution < 1.29 is 39.1 Å². The van der Waals surface area contributed by atoms with Gasteiger partial charge >= 0.3 is 19.1 Å². The van der Waals surface area contributed by atoms with E-state index in [1.54, 1.807) is 13.0 Å². The van der Waals surface area contributed by atoms with Crippen LogP contribution in [0.2, 0.25) is 0 Å². The molecule has 7 N–H and O–H groups in total. The summed E-state index contributed by atoms with van der Waals surface area (Å²) < 4.78 is 5.42. The van der Waals surface area contributed by atoms with Crippen molar-refractivity contribution in [1.82, 2.24) is 25.4 Å². The third-order valence-corrected chi connectivity index (χ3v) is 6.39. The maximum absolute atomic E-state index is 13.4. The quantitative estimate of drug-likeness (QED) is 0.246. The van der Waals surface area contributed by atoms with Crippen LogP contribution in [0.4, 0.5) is 10.5 Å². The van der Waals surface area contributed by atoms with E-state index in [0.717, 1.165) is 4.90 Å². The van der Waals surface area contributed by atoms with E-state index in [1.807, 2.05) is 0 Å². The Morgan fingerprint density at radius 3 is 2.68 bits per heavy atom. The average molecular weight is 526 g/mol. The number of urea groups is 1. The SMILES string of the molecule is CCN1CCN(C(=O)NC(C(=O)N[C@H]2Cc3cccc(C(=O)O)c3OB2O)c2ccc(N)cn2)C(O)C1=O. The van der Waals surface area contributed by atoms with Crippen LogP contribution < -0.4 is 21.0 Å². The molecule has 3 atom stereocenters. The summed E-state index contributed by atoms with van der Waals surface area (Å²) in [5, 5.41) is 35.4. The number of carbonyl (C=O) groups excluding carboxylic acids is 3. The second kappa shape index (κ2) is 10.9. The van der Waals surface area contributed by atoms with Gasteiger partial charge in [0.05, 0.1) is 29.1 Å². The van der Waals surface area contributed by atoms with E-state index in [-0.39, 0.29) is 36.5 Å². The first-order chi connectivity index (χ1) is 18.1. The third-order valence-electron chi connectivity index (χ3n) is 6.39. The zero-order valence-corrected chi connectivity index (χ0v) is 20.4. The number of carbonyl (C=O) groups is 4. The number of aliphatic hydroxyl groups excluding tert-OH is 1. The molecule has 0 saturated carbocycles. The minimum Gasteiger partial charge on any atom is -0.534 e. The van der Waals surface area contributed by atoms with Gasteiger partial charge < -0.3 is 41.2 Å². The number of nitrogens with zero attached hydrogens (tertiary/aromatic N) is 3. The lowest BCUT2D eigenvalue weighted by Crippen LogP contribution is -2.61. The van der Waals surface area contributed by atoms with E-state index in [2.05, 4.69) is 15.6 Å². The molecule has 15 heteroatoms. The van der Waals surface area contributed by atoms with Crippen LogP contribution >= 0.6 is 0 Å². The molecule has 4 amide bonds. The summed E-state index contributed by atoms with van der Waals surface area (Å²) in [4.78, 5) is 56.7. The van der Waals surface area contributed by atoms with Gasteiger partial charge in [0.25, 0.3) is 5.91 Å². The van der Waals surface area contributed by atoms with Crippen molar-refractivity contribution in [2.24, 2.45) is 0 Å². The van der Waals surface area contributed by atoms with Gasteiger partial charge in [0.1, 0.15) is 5.75 Å². The topological polar surface area (TPSA) is 208 Å². The molecule has 3 heterocycles. The predicted molar refractivity (Wildman–Crippen MR) is 133 cm³/mol. The number of aromatic nitrogens is 1. The minimum absolute atomic E-state index is 0.00734. The van der Waals surface area contributed by atoms with Crippen LogP contribution in [0, 0.1) is 0 Å². The maximum atomic E-state index is 13.4. The monoisotopic (exact) mass is 526 g/mol. The number of benzene rings is 1. The van der Waals surface area contributed by atoms with Crippen LogP contribution in [0.5, 0.6) is 5.75 Å². The second-order valence-electron chi connectivity index (χ2n) is 8.81. The van der Waals surface area contributed by atoms with Gasteiger partial charge in [-0.15, -0.1) is 0 Å². The molecule has 4 rings (SSSR count). The summed E-state index contributed by atoms with van der Waals surface area (Å²) in [7, 11) is -1.58. The molecular formula is C23H27BN6O8. The number of fused-ring (bicyclic) bond motifs is 1. The highest BCUT2D eigenvalue weighted by Gasteiger charge is 2.41. The van der Waals surface area contributed by atoms with Crippen molar-refractivity contribution in [3.63, 3.8) is 0 Å². The van der Waals surface area contributed by atoms with Gasteiger partial charge in [-0.1, -0.05) is 12.1 Å². The van der Waals surface area contributed by atoms with Crippen molar-refractivity contribution in [3.8, 4) is 5.75 Å². The fourth-order valence-corrected chi connectivity index (χ4v) is 4.33. The number of nitrogens with two attached hydrogens (primary N) is 1. The summed E-state index contributed by atoms with van der Waals surface area (Å²) in [6.07, 6.45) is -0.381. The Labute approximate surface area is 217 Å². The number of carboxylic acid groups (broad SMARTS) is 1. The predicted octanol–water partition coefficient (Wildman–Crippen LogP) is -1.27. The first-order valence-corrected chi connectivity index (χ1v) is 11.9. The molecule has 38 heavy (non-hydrogen) atoms. The van der Waals surface area contributed by atoms with Gasteiger partial charge in [-0.3, -0.25) is 19.5 Å². The van der Waals surface area contributed by atoms with Crippen LogP contribution in [0.15, 0.2) is 36.5 Å². The number of nitrogen functional groups attached to an aromatic ring is 1. The van der Waals surface area contributed by atoms with Gasteiger partial charge in [-0.25, -0.2) is 9.59 Å². The van der Waals surface area contributed by atoms with Crippen LogP contribution in [0.3, 0.4) is 0 Å². The van der Waals surface area contributed by atoms with Gasteiger partial charge in [-0.2, -0.15) is 0 Å². The molecule has 2 unspecified atom stereocenters. The first kappa shape index (κ1) is 26.7. The highest BCUT2D eigenvalue weighted by Crippen LogP contribution is 2.30. The molecule has 2 aliphatic rings. The van der Waals surface area contributed by atoms with Crippen LogP contribution in [0.25, 0.3) is 0 Å². The van der Waals surface area contributed by atoms with Gasteiger partial charge in [0, 0.05) is 19.6 Å². The summed E-state index contributed by atoms with van der Waals surface area (Å²) in [5.41, 5.74) is 6.46. The lowest BCUT2D eigenvalue weighted by molar-refractivity contribution is -0.153. The summed E-state index contributed by atoms with van der Waals surface area (Å²) in [6.45, 7) is 2.36. The number of likely N-dealkylation sites (N-methyl/N-ethyl adjacent to an activating group) is 1. The van der Waals surface area contributed by atoms with Crippen molar-refractivity contribution in [2.45, 2.75) is 31.6 Å². The van der Waals surface area contributed by atoms with Crippen LogP contribution in [-0.4, -0.2) is 92.8 Å². The number of amides is 4. The number of aromatic carboxylic acids is 1. The number of aliphatic hydroxyl groups is 1. The van der Waals surface area contributed by atoms with Crippen molar-refractivity contribution in [1.29, 1.82) is 0 Å². The van der Waals surface area contributed by atoms with Crippen molar-refractivity contribution in [3.05, 3.63) is 53.3 Å². The lowest BCUT2D eigenvalue weighted by atomic mass is 9.72. The van der Waals surface area contributed by atoms with Crippen molar-refractivity contribution >= 4 is 36.6 Å². The van der Waals surface area contributed by atoms with Gasteiger partial charge in [0.15, 0.2) is 6.04 Å². The Morgan fingerprint density at radius 2 is 2.03 bits per heavy atom. The molecule has 0 radical (unpaired) electrons. The molecule has 200 valence electrons. The number of hydrogen-bond acceptors (Lipinski definition) is 9. The van der Waals surface area contributed by atoms with Gasteiger partial charge in [-0.05, 0) is 37.1 Å². The molecule has 1 fully saturated rings. The third kappa shape index (κ3) is 5.33. The average Bonchev–Trinajstić information content (AvgIpc) is 2.89. The maximum Gasteiger partial charge on any atom is 0.547 e. The van der Waals surface area contributed by atoms with E-state index in [0.29, 0.717) is 17.8 Å². The fourth-order valence-electron chi connectivity index (χ4n) is 4.33. The molecule has 2 aromatic rings. The molecule has 0 spiro atoms.